The van der Waals surface area contributed by atoms with Gasteiger partial charge in [0.05, 0.1) is 16.5 Å². The Morgan fingerprint density at radius 1 is 1.56 bits per heavy atom. The number of anilines is 2. The molecule has 0 fully saturated rings. The first-order valence-electron chi connectivity index (χ1n) is 6.03. The second-order valence-electron chi connectivity index (χ2n) is 3.96. The predicted octanol–water partition coefficient (Wildman–Crippen LogP) is 2.66. The van der Waals surface area contributed by atoms with Gasteiger partial charge in [0.2, 0.25) is 5.95 Å². The fraction of sp³-hybridized carbons (Fsp3) is 0.583. The van der Waals surface area contributed by atoms with Gasteiger partial charge in [0.15, 0.2) is 0 Å². The number of nitrogens with zero attached hydrogens (tertiary/aromatic N) is 4. The number of hydrogen-bond donors (Lipinski definition) is 1. The lowest BCUT2D eigenvalue weighted by molar-refractivity contribution is 0.677. The first-order chi connectivity index (χ1) is 8.62. The first-order valence-corrected chi connectivity index (χ1v) is 6.82. The van der Waals surface area contributed by atoms with Crippen LogP contribution >= 0.6 is 15.9 Å². The molecule has 0 spiro atoms. The predicted molar refractivity (Wildman–Crippen MR) is 76.6 cm³/mol. The Hall–Kier alpha value is -1.35. The zero-order valence-electron chi connectivity index (χ0n) is 10.9. The first kappa shape index (κ1) is 14.7. The summed E-state index contributed by atoms with van der Waals surface area (Å²) >= 11 is 3.46. The molecule has 1 aromatic heterocycles. The molecule has 1 rings (SSSR count). The average Bonchev–Trinajstić information content (AvgIpc) is 2.38. The van der Waals surface area contributed by atoms with Crippen molar-refractivity contribution in [2.45, 2.75) is 20.8 Å². The largest absolute Gasteiger partial charge is 0.354 e. The zero-order chi connectivity index (χ0) is 13.5. The zero-order valence-corrected chi connectivity index (χ0v) is 12.5. The van der Waals surface area contributed by atoms with Gasteiger partial charge in [-0.15, -0.1) is 0 Å². The van der Waals surface area contributed by atoms with E-state index in [0.717, 1.165) is 23.4 Å². The third kappa shape index (κ3) is 3.84. The number of halogens is 1. The van der Waals surface area contributed by atoms with Crippen LogP contribution in [-0.4, -0.2) is 29.6 Å². The lowest BCUT2D eigenvalue weighted by atomic mass is 10.2. The highest BCUT2D eigenvalue weighted by molar-refractivity contribution is 9.10. The summed E-state index contributed by atoms with van der Waals surface area (Å²) in [6.07, 6.45) is 1.74. The van der Waals surface area contributed by atoms with Crippen LogP contribution < -0.4 is 10.2 Å². The molecule has 0 aliphatic rings. The second-order valence-corrected chi connectivity index (χ2v) is 4.82. The molecule has 18 heavy (non-hydrogen) atoms. The molecule has 1 heterocycles. The maximum absolute atomic E-state index is 8.90. The van der Waals surface area contributed by atoms with Gasteiger partial charge in [-0.3, -0.25) is 0 Å². The van der Waals surface area contributed by atoms with E-state index in [1.54, 1.807) is 6.20 Å². The molecule has 0 bridgehead atoms. The monoisotopic (exact) mass is 311 g/mol. The van der Waals surface area contributed by atoms with Gasteiger partial charge in [-0.2, -0.15) is 10.2 Å². The van der Waals surface area contributed by atoms with Crippen molar-refractivity contribution in [1.29, 1.82) is 5.26 Å². The Morgan fingerprint density at radius 2 is 2.28 bits per heavy atom. The standard InChI is InChI=1S/C12H18BrN5/c1-4-15-12-16-7-10(13)11(17-12)18(5-2)8-9(3)6-14/h7,9H,4-5,8H2,1-3H3,(H,15,16,17). The SMILES string of the molecule is CCNc1ncc(Br)c(N(CC)CC(C)C#N)n1. The van der Waals surface area contributed by atoms with Crippen LogP contribution in [-0.2, 0) is 0 Å². The van der Waals surface area contributed by atoms with Gasteiger partial charge in [-0.1, -0.05) is 0 Å². The van der Waals surface area contributed by atoms with Gasteiger partial charge in [-0.05, 0) is 36.7 Å². The molecule has 5 nitrogen and oxygen atoms in total. The van der Waals surface area contributed by atoms with E-state index < -0.39 is 0 Å². The lowest BCUT2D eigenvalue weighted by Crippen LogP contribution is -2.29. The van der Waals surface area contributed by atoms with Crippen LogP contribution in [0.3, 0.4) is 0 Å². The van der Waals surface area contributed by atoms with E-state index in [-0.39, 0.29) is 5.92 Å². The number of hydrogen-bond acceptors (Lipinski definition) is 5. The Labute approximate surface area is 116 Å². The van der Waals surface area contributed by atoms with Gasteiger partial charge in [0, 0.05) is 25.8 Å². The summed E-state index contributed by atoms with van der Waals surface area (Å²) in [7, 11) is 0. The number of aromatic nitrogens is 2. The summed E-state index contributed by atoms with van der Waals surface area (Å²) in [6.45, 7) is 8.19. The van der Waals surface area contributed by atoms with Gasteiger partial charge in [-0.25, -0.2) is 4.98 Å². The molecule has 0 aromatic carbocycles. The highest BCUT2D eigenvalue weighted by atomic mass is 79.9. The minimum Gasteiger partial charge on any atom is -0.354 e. The summed E-state index contributed by atoms with van der Waals surface area (Å²) < 4.78 is 0.844. The van der Waals surface area contributed by atoms with Gasteiger partial charge in [0.1, 0.15) is 5.82 Å². The van der Waals surface area contributed by atoms with E-state index in [1.165, 1.54) is 0 Å². The third-order valence-electron chi connectivity index (χ3n) is 2.46. The Bertz CT molecular complexity index is 429. The fourth-order valence-corrected chi connectivity index (χ4v) is 2.00. The van der Waals surface area contributed by atoms with Crippen molar-refractivity contribution in [3.63, 3.8) is 0 Å². The number of rotatable bonds is 6. The van der Waals surface area contributed by atoms with E-state index in [4.69, 9.17) is 5.26 Å². The second kappa shape index (κ2) is 7.17. The van der Waals surface area contributed by atoms with Gasteiger partial charge < -0.3 is 10.2 Å². The Balaban J connectivity index is 2.97. The minimum atomic E-state index is -0.0330. The van der Waals surface area contributed by atoms with Gasteiger partial charge in [0.25, 0.3) is 0 Å². The summed E-state index contributed by atoms with van der Waals surface area (Å²) in [5.41, 5.74) is 0. The Morgan fingerprint density at radius 3 is 2.83 bits per heavy atom. The van der Waals surface area contributed by atoms with Crippen molar-refractivity contribution in [2.75, 3.05) is 29.9 Å². The molecular formula is C12H18BrN5. The normalized spacial score (nSPS) is 11.7. The lowest BCUT2D eigenvalue weighted by Gasteiger charge is -2.24. The molecule has 0 aliphatic heterocycles. The van der Waals surface area contributed by atoms with Gasteiger partial charge >= 0.3 is 0 Å². The number of nitriles is 1. The maximum Gasteiger partial charge on any atom is 0.224 e. The third-order valence-corrected chi connectivity index (χ3v) is 3.02. The molecule has 0 aliphatic carbocycles. The number of nitrogens with one attached hydrogen (secondary N) is 1. The van der Waals surface area contributed by atoms with E-state index in [1.807, 2.05) is 20.8 Å². The molecule has 1 aromatic rings. The quantitative estimate of drug-likeness (QED) is 0.875. The summed E-state index contributed by atoms with van der Waals surface area (Å²) in [5, 5.41) is 12.0. The van der Waals surface area contributed by atoms with Crippen molar-refractivity contribution in [2.24, 2.45) is 5.92 Å². The van der Waals surface area contributed by atoms with Crippen LogP contribution in [0.2, 0.25) is 0 Å². The highest BCUT2D eigenvalue weighted by Gasteiger charge is 2.14. The highest BCUT2D eigenvalue weighted by Crippen LogP contribution is 2.24. The van der Waals surface area contributed by atoms with E-state index >= 15 is 0 Å². The van der Waals surface area contributed by atoms with E-state index in [2.05, 4.69) is 42.2 Å². The fourth-order valence-electron chi connectivity index (χ4n) is 1.56. The molecule has 98 valence electrons. The molecule has 1 N–H and O–H groups in total. The van der Waals surface area contributed by atoms with Crippen LogP contribution in [0.4, 0.5) is 11.8 Å². The molecule has 0 radical (unpaired) electrons. The Kier molecular flexibility index (Phi) is 5.86. The molecule has 0 amide bonds. The van der Waals surface area contributed by atoms with Crippen molar-refractivity contribution in [1.82, 2.24) is 9.97 Å². The molecule has 1 atom stereocenters. The van der Waals surface area contributed by atoms with Crippen molar-refractivity contribution in [3.8, 4) is 6.07 Å². The summed E-state index contributed by atoms with van der Waals surface area (Å²) in [4.78, 5) is 10.7. The average molecular weight is 312 g/mol. The minimum absolute atomic E-state index is 0.0330. The van der Waals surface area contributed by atoms with Crippen LogP contribution in [0.25, 0.3) is 0 Å². The molecular weight excluding hydrogens is 294 g/mol. The molecule has 0 saturated carbocycles. The van der Waals surface area contributed by atoms with E-state index in [9.17, 15) is 0 Å². The summed E-state index contributed by atoms with van der Waals surface area (Å²) in [6, 6.07) is 2.24. The molecule has 1 unspecified atom stereocenters. The molecule has 6 heteroatoms. The van der Waals surface area contributed by atoms with Crippen molar-refractivity contribution >= 4 is 27.7 Å². The van der Waals surface area contributed by atoms with Crippen LogP contribution in [0, 0.1) is 17.2 Å². The summed E-state index contributed by atoms with van der Waals surface area (Å²) in [5.74, 6) is 1.40. The van der Waals surface area contributed by atoms with Crippen molar-refractivity contribution in [3.05, 3.63) is 10.7 Å². The van der Waals surface area contributed by atoms with Crippen LogP contribution in [0.1, 0.15) is 20.8 Å². The van der Waals surface area contributed by atoms with Crippen LogP contribution in [0.5, 0.6) is 0 Å². The van der Waals surface area contributed by atoms with E-state index in [0.29, 0.717) is 12.5 Å². The smallest absolute Gasteiger partial charge is 0.224 e. The topological polar surface area (TPSA) is 64.8 Å². The van der Waals surface area contributed by atoms with Crippen molar-refractivity contribution < 1.29 is 0 Å². The van der Waals surface area contributed by atoms with Crippen LogP contribution in [0.15, 0.2) is 10.7 Å². The molecule has 0 saturated heterocycles. The maximum atomic E-state index is 8.90.